The van der Waals surface area contributed by atoms with Gasteiger partial charge in [0, 0.05) is 51.6 Å². The molecule has 5 nitrogen and oxygen atoms in total. The Bertz CT molecular complexity index is 2330. The van der Waals surface area contributed by atoms with E-state index in [4.69, 9.17) is 9.84 Å². The van der Waals surface area contributed by atoms with E-state index in [2.05, 4.69) is 121 Å². The van der Waals surface area contributed by atoms with E-state index < -0.39 is 0 Å². The maximum Gasteiger partial charge on any atom is 2.00 e. The smallest absolute Gasteiger partial charge is 0.509 e. The van der Waals surface area contributed by atoms with Crippen LogP contribution in [-0.2, 0) is 38.3 Å². The van der Waals surface area contributed by atoms with Crippen LogP contribution in [0, 0.1) is 29.8 Å². The number of pyridine rings is 1. The van der Waals surface area contributed by atoms with Crippen molar-refractivity contribution in [2.45, 2.75) is 112 Å². The third-order valence-corrected chi connectivity index (χ3v) is 10.6. The van der Waals surface area contributed by atoms with E-state index >= 15 is 0 Å². The monoisotopic (exact) mass is 903 g/mol. The van der Waals surface area contributed by atoms with Gasteiger partial charge in [-0.25, -0.2) is 9.37 Å². The Labute approximate surface area is 335 Å². The first-order valence-electron chi connectivity index (χ1n) is 19.2. The van der Waals surface area contributed by atoms with Crippen molar-refractivity contribution in [3.05, 3.63) is 119 Å². The molecule has 0 fully saturated rings. The number of hydrogen-bond acceptors (Lipinski definition) is 3. The number of halogens is 1. The Morgan fingerprint density at radius 3 is 2.37 bits per heavy atom. The molecule has 0 N–H and O–H groups in total. The van der Waals surface area contributed by atoms with Crippen molar-refractivity contribution < 1.29 is 30.2 Å². The van der Waals surface area contributed by atoms with Crippen molar-refractivity contribution in [3.63, 3.8) is 0 Å². The van der Waals surface area contributed by atoms with Crippen LogP contribution in [0.5, 0.6) is 11.5 Å². The minimum atomic E-state index is -0.344. The van der Waals surface area contributed by atoms with Gasteiger partial charge in [0.15, 0.2) is 0 Å². The van der Waals surface area contributed by atoms with Crippen LogP contribution in [0.15, 0.2) is 78.5 Å². The molecular weight excluding hydrogens is 851 g/mol. The zero-order valence-corrected chi connectivity index (χ0v) is 35.7. The third-order valence-electron chi connectivity index (χ3n) is 10.6. The summed E-state index contributed by atoms with van der Waals surface area (Å²) >= 11 is 0. The van der Waals surface area contributed by atoms with Gasteiger partial charge >= 0.3 is 21.1 Å². The molecular formula is C47H53FN4OPt. The molecule has 3 heterocycles. The van der Waals surface area contributed by atoms with E-state index in [1.165, 1.54) is 47.1 Å². The summed E-state index contributed by atoms with van der Waals surface area (Å²) in [5, 5.41) is 7.55. The van der Waals surface area contributed by atoms with Gasteiger partial charge in [0.05, 0.1) is 11.4 Å². The van der Waals surface area contributed by atoms with Crippen molar-refractivity contribution in [1.82, 2.24) is 19.3 Å². The van der Waals surface area contributed by atoms with Gasteiger partial charge in [-0.2, -0.15) is 16.7 Å². The number of para-hydroxylation sites is 1. The molecule has 284 valence electrons. The molecule has 54 heavy (non-hydrogen) atoms. The number of nitrogens with zero attached hydrogens (tertiary/aromatic N) is 4. The average Bonchev–Trinajstić information content (AvgIpc) is 3.65. The number of aryl methyl sites for hydroxylation is 1. The van der Waals surface area contributed by atoms with Gasteiger partial charge in [0.2, 0.25) is 0 Å². The molecule has 7 rings (SSSR count). The summed E-state index contributed by atoms with van der Waals surface area (Å²) in [5.74, 6) is 2.68. The summed E-state index contributed by atoms with van der Waals surface area (Å²) in [6, 6.07) is 26.5. The van der Waals surface area contributed by atoms with Crippen LogP contribution in [0.3, 0.4) is 0 Å². The molecule has 6 aromatic rings. The van der Waals surface area contributed by atoms with Crippen LogP contribution in [0.25, 0.3) is 33.3 Å². The maximum absolute atomic E-state index is 14.5. The number of rotatable bonds is 8. The molecule has 0 radical (unpaired) electrons. The number of allylic oxidation sites excluding steroid dienone is 2. The average molecular weight is 904 g/mol. The summed E-state index contributed by atoms with van der Waals surface area (Å²) in [6.45, 7) is 23.0. The summed E-state index contributed by atoms with van der Waals surface area (Å²) < 4.78 is 25.3. The third kappa shape index (κ3) is 7.74. The Hall–Kier alpha value is -4.02. The van der Waals surface area contributed by atoms with Crippen molar-refractivity contribution in [3.8, 4) is 23.0 Å². The van der Waals surface area contributed by atoms with E-state index in [-0.39, 0.29) is 37.7 Å². The Morgan fingerprint density at radius 2 is 1.69 bits per heavy atom. The second kappa shape index (κ2) is 15.3. The van der Waals surface area contributed by atoms with Crippen molar-refractivity contribution in [2.24, 2.45) is 11.8 Å². The summed E-state index contributed by atoms with van der Waals surface area (Å²) in [5.41, 5.74) is 8.59. The van der Waals surface area contributed by atoms with E-state index in [1.807, 2.05) is 28.8 Å². The molecule has 3 aromatic heterocycles. The van der Waals surface area contributed by atoms with Crippen molar-refractivity contribution in [1.29, 1.82) is 0 Å². The number of aromatic nitrogens is 4. The van der Waals surface area contributed by atoms with Gasteiger partial charge in [-0.1, -0.05) is 104 Å². The second-order valence-electron chi connectivity index (χ2n) is 17.5. The molecule has 1 aliphatic carbocycles. The van der Waals surface area contributed by atoms with Gasteiger partial charge in [-0.15, -0.1) is 35.7 Å². The molecule has 0 bridgehead atoms. The standard InChI is InChI=1S/C47H53FN4O.Pt/c1-29(2)18-19-32-24-34(52-45(47(8,9)10)43(44(50-52)46(5,6)7)42-30(3)14-13-15-31(42)4)27-36(25-32)53-35-20-21-38-37-16-11-12-17-39(37)51(40(38)28-35)41-26-33(48)22-23-49-41;/h11-12,14,16-17,20-26,29,31,42H,13,15,18-19H2,1-10H3;/q-2;+2/t31-,42?;/m0./s1. The fourth-order valence-corrected chi connectivity index (χ4v) is 8.16. The molecule has 0 amide bonds. The normalized spacial score (nSPS) is 16.6. The molecule has 0 spiro atoms. The van der Waals surface area contributed by atoms with Crippen molar-refractivity contribution >= 4 is 21.8 Å². The number of benzene rings is 3. The van der Waals surface area contributed by atoms with Crippen LogP contribution in [-0.4, -0.2) is 19.3 Å². The summed E-state index contributed by atoms with van der Waals surface area (Å²) in [7, 11) is 0. The van der Waals surface area contributed by atoms with E-state index in [1.54, 1.807) is 0 Å². The van der Waals surface area contributed by atoms with Crippen LogP contribution < -0.4 is 4.74 Å². The van der Waals surface area contributed by atoms with Gasteiger partial charge in [-0.05, 0) is 61.2 Å². The van der Waals surface area contributed by atoms with Crippen LogP contribution in [0.2, 0.25) is 0 Å². The van der Waals surface area contributed by atoms with E-state index in [0.717, 1.165) is 52.4 Å². The van der Waals surface area contributed by atoms with Gasteiger partial charge in [0.25, 0.3) is 0 Å². The van der Waals surface area contributed by atoms with E-state index in [9.17, 15) is 4.39 Å². The Balaban J connectivity index is 0.00000497. The van der Waals surface area contributed by atoms with Gasteiger partial charge in [-0.3, -0.25) is 4.68 Å². The Kier molecular flexibility index (Phi) is 11.2. The first-order chi connectivity index (χ1) is 25.1. The van der Waals surface area contributed by atoms with Crippen LogP contribution in [0.1, 0.15) is 117 Å². The SMILES string of the molecule is CC1=CCC[C@H](C)C1c1c(C(C)(C)C)nn(-c2[c-]c(Oc3[c-]c4c(cc3)c3ccccc3n4-c3cc(F)ccn3)cc(CCC(C)C)c2)c1C(C)(C)C.[Pt+2]. The van der Waals surface area contributed by atoms with E-state index in [0.29, 0.717) is 35.1 Å². The minimum Gasteiger partial charge on any atom is -0.509 e. The molecule has 1 aliphatic rings. The molecule has 0 aliphatic heterocycles. The number of ether oxygens (including phenoxy) is 1. The fraction of sp³-hybridized carbons (Fsp3) is 0.404. The second-order valence-corrected chi connectivity index (χ2v) is 17.5. The largest absolute Gasteiger partial charge is 2.00 e. The van der Waals surface area contributed by atoms with Crippen LogP contribution in [0.4, 0.5) is 4.39 Å². The fourth-order valence-electron chi connectivity index (χ4n) is 8.16. The molecule has 3 aromatic carbocycles. The number of fused-ring (bicyclic) bond motifs is 3. The van der Waals surface area contributed by atoms with Gasteiger partial charge < -0.3 is 9.30 Å². The Morgan fingerprint density at radius 1 is 0.926 bits per heavy atom. The first-order valence-corrected chi connectivity index (χ1v) is 19.2. The molecule has 1 unspecified atom stereocenters. The predicted octanol–water partition coefficient (Wildman–Crippen LogP) is 12.5. The summed E-state index contributed by atoms with van der Waals surface area (Å²) in [4.78, 5) is 4.53. The number of hydrogen-bond donors (Lipinski definition) is 0. The van der Waals surface area contributed by atoms with Gasteiger partial charge in [0.1, 0.15) is 11.6 Å². The van der Waals surface area contributed by atoms with Crippen LogP contribution >= 0.6 is 0 Å². The molecule has 2 atom stereocenters. The summed E-state index contributed by atoms with van der Waals surface area (Å²) in [6.07, 6.45) is 8.18. The predicted molar refractivity (Wildman–Crippen MR) is 215 cm³/mol. The molecule has 0 saturated carbocycles. The first kappa shape index (κ1) is 39.7. The zero-order valence-electron chi connectivity index (χ0n) is 33.4. The zero-order chi connectivity index (χ0) is 37.8. The topological polar surface area (TPSA) is 44.9 Å². The maximum atomic E-state index is 14.5. The van der Waals surface area contributed by atoms with Crippen molar-refractivity contribution in [2.75, 3.05) is 0 Å². The molecule has 0 saturated heterocycles. The molecule has 7 heteroatoms. The minimum absolute atomic E-state index is 0. The quantitative estimate of drug-likeness (QED) is 0.113.